The van der Waals surface area contributed by atoms with Crippen molar-refractivity contribution in [2.45, 2.75) is 25.4 Å². The number of likely N-dealkylation sites (tertiary alicyclic amines) is 1. The average molecular weight is 310 g/mol. The Morgan fingerprint density at radius 2 is 1.74 bits per heavy atom. The highest BCUT2D eigenvalue weighted by molar-refractivity contribution is 5.90. The van der Waals surface area contributed by atoms with Crippen LogP contribution in [0.3, 0.4) is 0 Å². The second-order valence-corrected chi connectivity index (χ2v) is 5.62. The monoisotopic (exact) mass is 310 g/mol. The van der Waals surface area contributed by atoms with Crippen molar-refractivity contribution in [1.82, 2.24) is 10.4 Å². The second-order valence-electron chi connectivity index (χ2n) is 5.62. The molecule has 2 amide bonds. The van der Waals surface area contributed by atoms with Crippen molar-refractivity contribution >= 4 is 11.8 Å². The van der Waals surface area contributed by atoms with Gasteiger partial charge in [-0.05, 0) is 23.1 Å². The van der Waals surface area contributed by atoms with Crippen molar-refractivity contribution in [3.63, 3.8) is 0 Å². The van der Waals surface area contributed by atoms with Crippen LogP contribution < -0.4 is 5.48 Å². The number of benzene rings is 2. The van der Waals surface area contributed by atoms with Crippen molar-refractivity contribution in [3.8, 4) is 11.1 Å². The van der Waals surface area contributed by atoms with E-state index in [-0.39, 0.29) is 5.91 Å². The van der Waals surface area contributed by atoms with Crippen molar-refractivity contribution in [1.29, 1.82) is 0 Å². The number of hydroxylamine groups is 1. The largest absolute Gasteiger partial charge is 0.326 e. The van der Waals surface area contributed by atoms with Crippen LogP contribution in [0.5, 0.6) is 0 Å². The molecule has 23 heavy (non-hydrogen) atoms. The van der Waals surface area contributed by atoms with Crippen molar-refractivity contribution in [3.05, 3.63) is 60.2 Å². The molecule has 1 atom stereocenters. The lowest BCUT2D eigenvalue weighted by atomic mass is 10.0. The number of carbonyl (C=O) groups is 2. The minimum absolute atomic E-state index is 0.0641. The predicted molar refractivity (Wildman–Crippen MR) is 85.4 cm³/mol. The lowest BCUT2D eigenvalue weighted by Gasteiger charge is -2.23. The van der Waals surface area contributed by atoms with E-state index in [0.29, 0.717) is 19.4 Å². The summed E-state index contributed by atoms with van der Waals surface area (Å²) in [4.78, 5) is 25.1. The van der Waals surface area contributed by atoms with Gasteiger partial charge in [0.15, 0.2) is 0 Å². The molecule has 5 heteroatoms. The molecule has 0 aliphatic carbocycles. The van der Waals surface area contributed by atoms with Crippen LogP contribution >= 0.6 is 0 Å². The van der Waals surface area contributed by atoms with Crippen molar-refractivity contribution < 1.29 is 14.8 Å². The summed E-state index contributed by atoms with van der Waals surface area (Å²) >= 11 is 0. The van der Waals surface area contributed by atoms with Gasteiger partial charge in [-0.2, -0.15) is 0 Å². The van der Waals surface area contributed by atoms with Gasteiger partial charge in [0.1, 0.15) is 6.04 Å². The van der Waals surface area contributed by atoms with Crippen LogP contribution in [0.25, 0.3) is 11.1 Å². The normalized spacial score (nSPS) is 17.3. The summed E-state index contributed by atoms with van der Waals surface area (Å²) in [5.41, 5.74) is 4.83. The summed E-state index contributed by atoms with van der Waals surface area (Å²) in [6.07, 6.45) is 0.771. The first-order valence-corrected chi connectivity index (χ1v) is 7.57. The lowest BCUT2D eigenvalue weighted by molar-refractivity contribution is -0.140. The number of hydrogen-bond acceptors (Lipinski definition) is 3. The molecule has 2 N–H and O–H groups in total. The van der Waals surface area contributed by atoms with E-state index in [1.54, 1.807) is 5.48 Å². The Bertz CT molecular complexity index is 698. The van der Waals surface area contributed by atoms with Gasteiger partial charge in [0.2, 0.25) is 5.91 Å². The summed E-state index contributed by atoms with van der Waals surface area (Å²) in [6, 6.07) is 17.4. The number of nitrogens with one attached hydrogen (secondary N) is 1. The van der Waals surface area contributed by atoms with Gasteiger partial charge in [-0.1, -0.05) is 54.6 Å². The summed E-state index contributed by atoms with van der Waals surface area (Å²) in [6.45, 7) is 0.367. The van der Waals surface area contributed by atoms with Crippen LogP contribution in [-0.4, -0.2) is 28.0 Å². The minimum atomic E-state index is -0.596. The Labute approximate surface area is 134 Å². The predicted octanol–water partition coefficient (Wildman–Crippen LogP) is 2.35. The van der Waals surface area contributed by atoms with Crippen LogP contribution in [-0.2, 0) is 16.1 Å². The molecule has 1 aliphatic rings. The first kappa shape index (κ1) is 15.2. The number of hydrogen-bond donors (Lipinski definition) is 2. The first-order valence-electron chi connectivity index (χ1n) is 7.57. The molecule has 0 saturated carbocycles. The molecule has 3 rings (SSSR count). The van der Waals surface area contributed by atoms with Crippen molar-refractivity contribution in [2.24, 2.45) is 0 Å². The molecule has 0 aromatic heterocycles. The molecule has 118 valence electrons. The van der Waals surface area contributed by atoms with Gasteiger partial charge in [0.25, 0.3) is 5.91 Å². The van der Waals surface area contributed by atoms with Gasteiger partial charge in [-0.25, -0.2) is 5.48 Å². The highest BCUT2D eigenvalue weighted by atomic mass is 16.5. The molecular formula is C18H18N2O3. The van der Waals surface area contributed by atoms with Crippen LogP contribution in [0.2, 0.25) is 0 Å². The minimum Gasteiger partial charge on any atom is -0.326 e. The summed E-state index contributed by atoms with van der Waals surface area (Å²) in [5.74, 6) is -0.595. The van der Waals surface area contributed by atoms with Gasteiger partial charge in [-0.3, -0.25) is 14.8 Å². The quantitative estimate of drug-likeness (QED) is 0.673. The fraction of sp³-hybridized carbons (Fsp3) is 0.222. The number of nitrogens with zero attached hydrogens (tertiary/aromatic N) is 1. The van der Waals surface area contributed by atoms with Gasteiger partial charge in [0, 0.05) is 13.0 Å². The number of carbonyl (C=O) groups excluding carboxylic acids is 2. The molecule has 0 bridgehead atoms. The SMILES string of the molecule is O=C(NO)[C@@H]1CCC(=O)N1Cc1ccc(-c2ccccc2)cc1. The van der Waals surface area contributed by atoms with E-state index >= 15 is 0 Å². The molecule has 2 aromatic carbocycles. The van der Waals surface area contributed by atoms with Gasteiger partial charge in [0.05, 0.1) is 0 Å². The fourth-order valence-corrected chi connectivity index (χ4v) is 2.91. The summed E-state index contributed by atoms with van der Waals surface area (Å²) in [7, 11) is 0. The molecule has 2 aromatic rings. The Kier molecular flexibility index (Phi) is 4.39. The van der Waals surface area contributed by atoms with E-state index in [1.807, 2.05) is 54.6 Å². The van der Waals surface area contributed by atoms with Gasteiger partial charge < -0.3 is 4.90 Å². The Morgan fingerprint density at radius 3 is 2.39 bits per heavy atom. The van der Waals surface area contributed by atoms with E-state index in [2.05, 4.69) is 0 Å². The van der Waals surface area contributed by atoms with E-state index in [0.717, 1.165) is 16.7 Å². The summed E-state index contributed by atoms with van der Waals surface area (Å²) < 4.78 is 0. The van der Waals surface area contributed by atoms with E-state index in [4.69, 9.17) is 5.21 Å². The van der Waals surface area contributed by atoms with E-state index < -0.39 is 11.9 Å². The third-order valence-electron chi connectivity index (χ3n) is 4.16. The van der Waals surface area contributed by atoms with E-state index in [1.165, 1.54) is 4.90 Å². The fourth-order valence-electron chi connectivity index (χ4n) is 2.91. The standard InChI is InChI=1S/C18H18N2O3/c21-17-11-10-16(18(22)19-23)20(17)12-13-6-8-15(9-7-13)14-4-2-1-3-5-14/h1-9,16,23H,10-12H2,(H,19,22)/t16-/m0/s1. The highest BCUT2D eigenvalue weighted by Crippen LogP contribution is 2.24. The lowest BCUT2D eigenvalue weighted by Crippen LogP contribution is -2.43. The molecule has 1 heterocycles. The van der Waals surface area contributed by atoms with Crippen LogP contribution in [0.4, 0.5) is 0 Å². The third-order valence-corrected chi connectivity index (χ3v) is 4.16. The smallest absolute Gasteiger partial charge is 0.266 e. The molecular weight excluding hydrogens is 292 g/mol. The number of rotatable bonds is 4. The maximum absolute atomic E-state index is 12.0. The Morgan fingerprint density at radius 1 is 1.09 bits per heavy atom. The zero-order valence-electron chi connectivity index (χ0n) is 12.6. The Hall–Kier alpha value is -2.66. The zero-order valence-corrected chi connectivity index (χ0v) is 12.6. The topological polar surface area (TPSA) is 69.6 Å². The summed E-state index contributed by atoms with van der Waals surface area (Å²) in [5, 5.41) is 8.79. The average Bonchev–Trinajstić information content (AvgIpc) is 2.96. The maximum Gasteiger partial charge on any atom is 0.266 e. The second kappa shape index (κ2) is 6.62. The molecule has 0 radical (unpaired) electrons. The van der Waals surface area contributed by atoms with Crippen molar-refractivity contribution in [2.75, 3.05) is 0 Å². The highest BCUT2D eigenvalue weighted by Gasteiger charge is 2.35. The third kappa shape index (κ3) is 3.24. The van der Waals surface area contributed by atoms with Crippen LogP contribution in [0.1, 0.15) is 18.4 Å². The van der Waals surface area contributed by atoms with Crippen LogP contribution in [0, 0.1) is 0 Å². The van der Waals surface area contributed by atoms with Gasteiger partial charge >= 0.3 is 0 Å². The molecule has 0 unspecified atom stereocenters. The van der Waals surface area contributed by atoms with Gasteiger partial charge in [-0.15, -0.1) is 0 Å². The molecule has 1 saturated heterocycles. The molecule has 0 spiro atoms. The molecule has 1 aliphatic heterocycles. The first-order chi connectivity index (χ1) is 11.2. The zero-order chi connectivity index (χ0) is 16.2. The van der Waals surface area contributed by atoms with E-state index in [9.17, 15) is 9.59 Å². The van der Waals surface area contributed by atoms with Crippen LogP contribution in [0.15, 0.2) is 54.6 Å². The maximum atomic E-state index is 12.0. The molecule has 5 nitrogen and oxygen atoms in total. The number of amides is 2. The Balaban J connectivity index is 1.75. The molecule has 1 fully saturated rings.